The number of pyridine rings is 1. The smallest absolute Gasteiger partial charge is 0.141 e. The molecule has 0 saturated carbocycles. The van der Waals surface area contributed by atoms with Crippen LogP contribution in [0.25, 0.3) is 11.4 Å². The maximum absolute atomic E-state index is 13.0. The Bertz CT molecular complexity index is 767. The summed E-state index contributed by atoms with van der Waals surface area (Å²) in [5.41, 5.74) is -0.545. The van der Waals surface area contributed by atoms with Gasteiger partial charge in [-0.15, -0.1) is 0 Å². The van der Waals surface area contributed by atoms with E-state index in [-0.39, 0.29) is 13.0 Å². The van der Waals surface area contributed by atoms with Gasteiger partial charge in [-0.05, 0) is 39.9 Å². The Hall–Kier alpha value is -1.23. The number of rotatable bonds is 1. The van der Waals surface area contributed by atoms with Gasteiger partial charge in [0.05, 0.1) is 22.1 Å². The van der Waals surface area contributed by atoms with Gasteiger partial charge in [0.25, 0.3) is 0 Å². The highest BCUT2D eigenvalue weighted by Crippen LogP contribution is 2.39. The Morgan fingerprint density at radius 2 is 2.33 bits per heavy atom. The van der Waals surface area contributed by atoms with Gasteiger partial charge in [-0.2, -0.15) is 5.10 Å². The van der Waals surface area contributed by atoms with E-state index >= 15 is 0 Å². The van der Waals surface area contributed by atoms with Crippen LogP contribution in [0.15, 0.2) is 22.8 Å². The van der Waals surface area contributed by atoms with Gasteiger partial charge < -0.3 is 0 Å². The summed E-state index contributed by atoms with van der Waals surface area (Å²) in [6.45, 7) is -5.56. The van der Waals surface area contributed by atoms with Gasteiger partial charge in [0.1, 0.15) is 11.5 Å². The van der Waals surface area contributed by atoms with E-state index in [1.807, 2.05) is 0 Å². The Kier molecular flexibility index (Phi) is 1.47. The number of fused-ring (bicyclic) bond motifs is 1. The molecule has 0 aromatic carbocycles. The van der Waals surface area contributed by atoms with Crippen molar-refractivity contribution in [1.29, 1.82) is 0 Å². The lowest BCUT2D eigenvalue weighted by molar-refractivity contribution is 0.347. The van der Waals surface area contributed by atoms with E-state index in [2.05, 4.69) is 26.0 Å². The third-order valence-electron chi connectivity index (χ3n) is 2.85. The third-order valence-corrected chi connectivity index (χ3v) is 3.69. The summed E-state index contributed by atoms with van der Waals surface area (Å²) >= 11 is 3.36. The molecule has 5 heteroatoms. The summed E-state index contributed by atoms with van der Waals surface area (Å²) in [4.78, 5) is 3.95. The second-order valence-corrected chi connectivity index (χ2v) is 5.18. The van der Waals surface area contributed by atoms with Crippen molar-refractivity contribution in [3.05, 3.63) is 34.3 Å². The summed E-state index contributed by atoms with van der Waals surface area (Å²) in [6, 6.07) is 2.70. The second kappa shape index (κ2) is 3.88. The monoisotopic (exact) mass is 315 g/mol. The second-order valence-electron chi connectivity index (χ2n) is 4.39. The van der Waals surface area contributed by atoms with Crippen LogP contribution in [0, 0.1) is 11.2 Å². The number of hydrogen-bond donors (Lipinski definition) is 0. The number of hydrogen-bond acceptors (Lipinski definition) is 2. The molecule has 0 spiro atoms. The molecule has 2 aromatic heterocycles. The molecule has 2 aromatic rings. The summed E-state index contributed by atoms with van der Waals surface area (Å²) in [5, 5.41) is 4.30. The first kappa shape index (κ1) is 6.80. The van der Waals surface area contributed by atoms with Gasteiger partial charge in [-0.25, -0.2) is 4.39 Å². The van der Waals surface area contributed by atoms with Gasteiger partial charge in [-0.3, -0.25) is 9.67 Å². The Morgan fingerprint density at radius 3 is 2.94 bits per heavy atom. The minimum absolute atomic E-state index is 0.158. The fourth-order valence-electron chi connectivity index (χ4n) is 2.05. The van der Waals surface area contributed by atoms with Crippen molar-refractivity contribution in [2.45, 2.75) is 26.7 Å². The molecule has 0 amide bonds. The van der Waals surface area contributed by atoms with Gasteiger partial charge >= 0.3 is 0 Å². The van der Waals surface area contributed by atoms with E-state index < -0.39 is 24.9 Å². The van der Waals surface area contributed by atoms with Crippen LogP contribution < -0.4 is 0 Å². The van der Waals surface area contributed by atoms with Gasteiger partial charge in [0.15, 0.2) is 0 Å². The highest BCUT2D eigenvalue weighted by atomic mass is 79.9. The lowest BCUT2D eigenvalue weighted by atomic mass is 9.91. The van der Waals surface area contributed by atoms with Crippen LogP contribution in [0.5, 0.6) is 0 Å². The van der Waals surface area contributed by atoms with Crippen LogP contribution in [-0.4, -0.2) is 14.8 Å². The molecule has 1 aliphatic heterocycles. The summed E-state index contributed by atoms with van der Waals surface area (Å²) < 4.78 is 61.2. The topological polar surface area (TPSA) is 30.7 Å². The van der Waals surface area contributed by atoms with Crippen molar-refractivity contribution in [2.24, 2.45) is 5.41 Å². The van der Waals surface area contributed by atoms with E-state index in [0.717, 1.165) is 6.20 Å². The average molecular weight is 316 g/mol. The molecule has 3 nitrogen and oxygen atoms in total. The molecular weight excluding hydrogens is 297 g/mol. The van der Waals surface area contributed by atoms with E-state index in [1.165, 1.54) is 16.8 Å². The SMILES string of the molecule is [2H]C([2H])([2H])C1(C([2H])([2H])[2H])Cc2c(Br)c(-c3ccc(F)cn3)nn2C1. The largest absolute Gasteiger partial charge is 0.267 e. The molecule has 0 aliphatic carbocycles. The first-order valence-electron chi connectivity index (χ1n) is 8.33. The average Bonchev–Trinajstić information content (AvgIpc) is 2.97. The predicted molar refractivity (Wildman–Crippen MR) is 70.6 cm³/mol. The van der Waals surface area contributed by atoms with Crippen LogP contribution in [0.1, 0.15) is 27.6 Å². The van der Waals surface area contributed by atoms with E-state index in [1.54, 1.807) is 0 Å². The molecule has 0 unspecified atom stereocenters. The van der Waals surface area contributed by atoms with Gasteiger partial charge in [0, 0.05) is 14.8 Å². The van der Waals surface area contributed by atoms with Gasteiger partial charge in [0.2, 0.25) is 0 Å². The highest BCUT2D eigenvalue weighted by Gasteiger charge is 2.33. The van der Waals surface area contributed by atoms with Crippen molar-refractivity contribution in [2.75, 3.05) is 0 Å². The molecule has 0 saturated heterocycles. The predicted octanol–water partition coefficient (Wildman–Crippen LogP) is 3.43. The van der Waals surface area contributed by atoms with Crippen molar-refractivity contribution in [3.63, 3.8) is 0 Å². The number of nitrogens with zero attached hydrogens (tertiary/aromatic N) is 3. The molecule has 0 bridgehead atoms. The summed E-state index contributed by atoms with van der Waals surface area (Å²) in [7, 11) is 0. The summed E-state index contributed by atoms with van der Waals surface area (Å²) in [5.74, 6) is -0.481. The molecule has 3 rings (SSSR count). The first-order chi connectivity index (χ1) is 11.0. The molecule has 0 radical (unpaired) electrons. The zero-order valence-corrected chi connectivity index (χ0v) is 10.8. The fraction of sp³-hybridized carbons (Fsp3) is 0.385. The maximum atomic E-state index is 13.0. The number of aromatic nitrogens is 3. The van der Waals surface area contributed by atoms with Crippen LogP contribution >= 0.6 is 15.9 Å². The normalized spacial score (nSPS) is 23.2. The zero-order valence-electron chi connectivity index (χ0n) is 15.2. The van der Waals surface area contributed by atoms with E-state index in [4.69, 9.17) is 8.22 Å². The standard InChI is InChI=1S/C13H13BrFN3/c1-13(2)5-10-11(14)12(17-18(10)7-13)9-4-3-8(15)6-16-9/h3-4,6H,5,7H2,1-2H3/i1D3,2D3. The molecular formula is C13H13BrFN3. The molecule has 18 heavy (non-hydrogen) atoms. The van der Waals surface area contributed by atoms with Gasteiger partial charge in [-0.1, -0.05) is 13.7 Å². The minimum Gasteiger partial charge on any atom is -0.267 e. The quantitative estimate of drug-likeness (QED) is 0.807. The maximum Gasteiger partial charge on any atom is 0.141 e. The van der Waals surface area contributed by atoms with E-state index in [0.29, 0.717) is 21.6 Å². The molecule has 0 fully saturated rings. The molecule has 0 N–H and O–H groups in total. The van der Waals surface area contributed by atoms with Crippen LogP contribution in [0.2, 0.25) is 0 Å². The van der Waals surface area contributed by atoms with Crippen LogP contribution in [0.3, 0.4) is 0 Å². The Balaban J connectivity index is 2.05. The Morgan fingerprint density at radius 1 is 1.50 bits per heavy atom. The molecule has 94 valence electrons. The van der Waals surface area contributed by atoms with Crippen molar-refractivity contribution >= 4 is 15.9 Å². The molecule has 0 atom stereocenters. The molecule has 1 aliphatic rings. The van der Waals surface area contributed by atoms with Crippen LogP contribution in [-0.2, 0) is 13.0 Å². The highest BCUT2D eigenvalue weighted by molar-refractivity contribution is 9.10. The lowest BCUT2D eigenvalue weighted by Crippen LogP contribution is -2.13. The first-order valence-corrected chi connectivity index (χ1v) is 6.13. The number of halogens is 2. The zero-order chi connectivity index (χ0) is 17.9. The Labute approximate surface area is 122 Å². The van der Waals surface area contributed by atoms with Crippen molar-refractivity contribution in [1.82, 2.24) is 14.8 Å². The fourth-order valence-corrected chi connectivity index (χ4v) is 2.68. The minimum atomic E-state index is -2.66. The van der Waals surface area contributed by atoms with Crippen molar-refractivity contribution in [3.8, 4) is 11.4 Å². The summed E-state index contributed by atoms with van der Waals surface area (Å²) in [6.07, 6.45) is 0.899. The third kappa shape index (κ3) is 1.86. The van der Waals surface area contributed by atoms with Crippen LogP contribution in [0.4, 0.5) is 4.39 Å². The molecule has 3 heterocycles. The lowest BCUT2D eigenvalue weighted by Gasteiger charge is -2.14. The van der Waals surface area contributed by atoms with E-state index in [9.17, 15) is 4.39 Å². The van der Waals surface area contributed by atoms with Crippen molar-refractivity contribution < 1.29 is 12.6 Å².